The van der Waals surface area contributed by atoms with Crippen molar-refractivity contribution in [3.8, 4) is 0 Å². The predicted molar refractivity (Wildman–Crippen MR) is 94.5 cm³/mol. The van der Waals surface area contributed by atoms with Gasteiger partial charge in [-0.1, -0.05) is 12.1 Å². The van der Waals surface area contributed by atoms with Crippen LogP contribution in [0.15, 0.2) is 24.3 Å². The third-order valence-electron chi connectivity index (χ3n) is 4.19. The Kier molecular flexibility index (Phi) is 5.70. The molecule has 1 aromatic rings. The number of likely N-dealkylation sites (tertiary alicyclic amines) is 1. The normalized spacial score (nSPS) is 21.0. The highest BCUT2D eigenvalue weighted by Crippen LogP contribution is 2.31. The molecule has 6 heteroatoms. The number of halogens is 1. The molecule has 0 aromatic heterocycles. The van der Waals surface area contributed by atoms with Gasteiger partial charge in [0.15, 0.2) is 0 Å². The van der Waals surface area contributed by atoms with Gasteiger partial charge in [0.2, 0.25) is 0 Å². The number of hydrogen-bond donors (Lipinski definition) is 0. The Hall–Kier alpha value is -2.11. The number of ether oxygens (including phenoxy) is 1. The Morgan fingerprint density at radius 1 is 1.20 bits per heavy atom. The van der Waals surface area contributed by atoms with Gasteiger partial charge in [0.25, 0.3) is 5.91 Å². The van der Waals surface area contributed by atoms with Crippen LogP contribution in [-0.4, -0.2) is 60.8 Å². The number of nitrogens with zero attached hydrogens (tertiary/aromatic N) is 2. The summed E-state index contributed by atoms with van der Waals surface area (Å²) in [5.74, 6) is -0.356. The largest absolute Gasteiger partial charge is 0.444 e. The zero-order valence-corrected chi connectivity index (χ0v) is 15.6. The molecule has 1 unspecified atom stereocenters. The maximum atomic E-state index is 14.6. The molecule has 0 N–H and O–H groups in total. The number of alkyl halides is 1. The Morgan fingerprint density at radius 2 is 1.80 bits per heavy atom. The van der Waals surface area contributed by atoms with Crippen LogP contribution >= 0.6 is 0 Å². The third kappa shape index (κ3) is 4.94. The monoisotopic (exact) mass is 350 g/mol. The lowest BCUT2D eigenvalue weighted by Gasteiger charge is -2.35. The minimum Gasteiger partial charge on any atom is -0.444 e. The van der Waals surface area contributed by atoms with Crippen molar-refractivity contribution >= 4 is 12.0 Å². The minimum atomic E-state index is -1.16. The zero-order chi connectivity index (χ0) is 18.8. The van der Waals surface area contributed by atoms with E-state index in [0.29, 0.717) is 18.5 Å². The molecule has 2 atom stereocenters. The first-order valence-corrected chi connectivity index (χ1v) is 8.52. The van der Waals surface area contributed by atoms with Crippen molar-refractivity contribution in [2.24, 2.45) is 0 Å². The fraction of sp³-hybridized carbons (Fsp3) is 0.579. The van der Waals surface area contributed by atoms with Gasteiger partial charge < -0.3 is 14.5 Å². The first kappa shape index (κ1) is 19.2. The second-order valence-electron chi connectivity index (χ2n) is 7.66. The number of carbonyl (C=O) groups excluding carboxylic acids is 2. The van der Waals surface area contributed by atoms with E-state index in [1.165, 1.54) is 9.80 Å². The molecule has 25 heavy (non-hydrogen) atoms. The highest BCUT2D eigenvalue weighted by atomic mass is 19.1. The standard InChI is InChI=1S/C19H27FN2O3/c1-19(2,3)25-18(24)22-11-10-15(16(20)12-22)13-6-8-14(9-7-13)17(23)21(4)5/h6-9,15-16H,10-12H2,1-5H3/t15-,16?/m1/s1. The van der Waals surface area contributed by atoms with Crippen molar-refractivity contribution in [2.45, 2.75) is 44.9 Å². The van der Waals surface area contributed by atoms with Gasteiger partial charge in [0.05, 0.1) is 6.54 Å². The van der Waals surface area contributed by atoms with Crippen LogP contribution in [0.4, 0.5) is 9.18 Å². The number of rotatable bonds is 2. The lowest BCUT2D eigenvalue weighted by Crippen LogP contribution is -2.46. The first-order valence-electron chi connectivity index (χ1n) is 8.52. The average molecular weight is 350 g/mol. The van der Waals surface area contributed by atoms with Crippen molar-refractivity contribution in [3.05, 3.63) is 35.4 Å². The Labute approximate surface area is 148 Å². The summed E-state index contributed by atoms with van der Waals surface area (Å²) >= 11 is 0. The summed E-state index contributed by atoms with van der Waals surface area (Å²) in [7, 11) is 3.39. The van der Waals surface area contributed by atoms with Gasteiger partial charge in [-0.05, 0) is 44.9 Å². The van der Waals surface area contributed by atoms with Gasteiger partial charge >= 0.3 is 6.09 Å². The van der Waals surface area contributed by atoms with Crippen molar-refractivity contribution in [3.63, 3.8) is 0 Å². The summed E-state index contributed by atoms with van der Waals surface area (Å²) in [5.41, 5.74) is 0.844. The van der Waals surface area contributed by atoms with Crippen molar-refractivity contribution in [2.75, 3.05) is 27.2 Å². The summed E-state index contributed by atoms with van der Waals surface area (Å²) in [4.78, 5) is 26.9. The van der Waals surface area contributed by atoms with E-state index in [-0.39, 0.29) is 18.4 Å². The van der Waals surface area contributed by atoms with Crippen LogP contribution in [0.1, 0.15) is 49.0 Å². The van der Waals surface area contributed by atoms with E-state index >= 15 is 0 Å². The highest BCUT2D eigenvalue weighted by Gasteiger charge is 2.34. The molecule has 0 saturated carbocycles. The van der Waals surface area contributed by atoms with Gasteiger partial charge in [-0.25, -0.2) is 9.18 Å². The third-order valence-corrected chi connectivity index (χ3v) is 4.19. The van der Waals surface area contributed by atoms with E-state index in [2.05, 4.69) is 0 Å². The molecular formula is C19H27FN2O3. The van der Waals surface area contributed by atoms with Gasteiger partial charge in [0, 0.05) is 32.1 Å². The second-order valence-corrected chi connectivity index (χ2v) is 7.66. The fourth-order valence-corrected chi connectivity index (χ4v) is 2.90. The Balaban J connectivity index is 2.01. The van der Waals surface area contributed by atoms with E-state index in [1.54, 1.807) is 59.1 Å². The van der Waals surface area contributed by atoms with Crippen LogP contribution in [0.5, 0.6) is 0 Å². The van der Waals surface area contributed by atoms with E-state index < -0.39 is 17.9 Å². The molecule has 1 aliphatic heterocycles. The number of piperidine rings is 1. The van der Waals surface area contributed by atoms with Crippen LogP contribution in [0, 0.1) is 0 Å². The summed E-state index contributed by atoms with van der Waals surface area (Å²) in [6.07, 6.45) is -1.10. The molecule has 1 aromatic carbocycles. The van der Waals surface area contributed by atoms with E-state index in [0.717, 1.165) is 5.56 Å². The maximum absolute atomic E-state index is 14.6. The van der Waals surface area contributed by atoms with Crippen LogP contribution in [-0.2, 0) is 4.74 Å². The minimum absolute atomic E-state index is 0.0258. The van der Waals surface area contributed by atoms with Gasteiger partial charge in [0.1, 0.15) is 11.8 Å². The van der Waals surface area contributed by atoms with Crippen molar-refractivity contribution in [1.29, 1.82) is 0 Å². The van der Waals surface area contributed by atoms with E-state index in [1.807, 2.05) is 0 Å². The summed E-state index contributed by atoms with van der Waals surface area (Å²) in [6.45, 7) is 5.86. The molecular weight excluding hydrogens is 323 g/mol. The molecule has 5 nitrogen and oxygen atoms in total. The van der Waals surface area contributed by atoms with Gasteiger partial charge in [-0.3, -0.25) is 4.79 Å². The van der Waals surface area contributed by atoms with Gasteiger partial charge in [-0.2, -0.15) is 0 Å². The summed E-state index contributed by atoms with van der Waals surface area (Å²) < 4.78 is 19.9. The van der Waals surface area contributed by atoms with Crippen molar-refractivity contribution < 1.29 is 18.7 Å². The summed E-state index contributed by atoms with van der Waals surface area (Å²) in [5, 5.41) is 0. The molecule has 138 valence electrons. The number of hydrogen-bond acceptors (Lipinski definition) is 3. The predicted octanol–water partition coefficient (Wildman–Crippen LogP) is 3.45. The van der Waals surface area contributed by atoms with Crippen LogP contribution < -0.4 is 0 Å². The van der Waals surface area contributed by atoms with E-state index in [9.17, 15) is 14.0 Å². The SMILES string of the molecule is CN(C)C(=O)c1ccc([C@H]2CCN(C(=O)OC(C)(C)C)CC2F)cc1. The van der Waals surface area contributed by atoms with Crippen LogP contribution in [0.2, 0.25) is 0 Å². The molecule has 0 bridgehead atoms. The highest BCUT2D eigenvalue weighted by molar-refractivity contribution is 5.93. The summed E-state index contributed by atoms with van der Waals surface area (Å²) in [6, 6.07) is 7.06. The first-order chi connectivity index (χ1) is 11.6. The van der Waals surface area contributed by atoms with Crippen LogP contribution in [0.3, 0.4) is 0 Å². The molecule has 0 aliphatic carbocycles. The van der Waals surface area contributed by atoms with Gasteiger partial charge in [-0.15, -0.1) is 0 Å². The molecule has 0 radical (unpaired) electrons. The molecule has 1 aliphatic rings. The Bertz CT molecular complexity index is 623. The molecule has 2 amide bonds. The fourth-order valence-electron chi connectivity index (χ4n) is 2.90. The number of amides is 2. The molecule has 1 heterocycles. The second kappa shape index (κ2) is 7.42. The number of benzene rings is 1. The number of carbonyl (C=O) groups is 2. The quantitative estimate of drug-likeness (QED) is 0.821. The molecule has 2 rings (SSSR count). The Morgan fingerprint density at radius 3 is 2.28 bits per heavy atom. The average Bonchev–Trinajstić information content (AvgIpc) is 2.52. The lowest BCUT2D eigenvalue weighted by atomic mass is 9.87. The molecule has 1 saturated heterocycles. The molecule has 1 fully saturated rings. The topological polar surface area (TPSA) is 49.9 Å². The van der Waals surface area contributed by atoms with Crippen LogP contribution in [0.25, 0.3) is 0 Å². The maximum Gasteiger partial charge on any atom is 0.410 e. The zero-order valence-electron chi connectivity index (χ0n) is 15.6. The van der Waals surface area contributed by atoms with Crippen molar-refractivity contribution in [1.82, 2.24) is 9.80 Å². The van der Waals surface area contributed by atoms with E-state index in [4.69, 9.17) is 4.74 Å². The lowest BCUT2D eigenvalue weighted by molar-refractivity contribution is 0.0111. The molecule has 0 spiro atoms. The smallest absolute Gasteiger partial charge is 0.410 e.